The summed E-state index contributed by atoms with van der Waals surface area (Å²) in [5.41, 5.74) is 3.64. The van der Waals surface area contributed by atoms with E-state index < -0.39 is 0 Å². The average Bonchev–Trinajstić information content (AvgIpc) is 2.99. The lowest BCUT2D eigenvalue weighted by molar-refractivity contribution is 0.469. The summed E-state index contributed by atoms with van der Waals surface area (Å²) >= 11 is 3.33. The van der Waals surface area contributed by atoms with Gasteiger partial charge in [0.2, 0.25) is 0 Å². The highest BCUT2D eigenvalue weighted by molar-refractivity contribution is 7.98. The zero-order valence-corrected chi connectivity index (χ0v) is 13.8. The molecule has 0 radical (unpaired) electrons. The van der Waals surface area contributed by atoms with Gasteiger partial charge in [-0.1, -0.05) is 18.3 Å². The molecule has 6 heteroatoms. The van der Waals surface area contributed by atoms with E-state index in [0.717, 1.165) is 32.4 Å². The number of aryl methyl sites for hydroxylation is 1. The van der Waals surface area contributed by atoms with E-state index in [2.05, 4.69) is 34.2 Å². The highest BCUT2D eigenvalue weighted by atomic mass is 32.2. The van der Waals surface area contributed by atoms with Gasteiger partial charge in [-0.25, -0.2) is 4.98 Å². The highest BCUT2D eigenvalue weighted by Crippen LogP contribution is 2.39. The fraction of sp³-hybridized carbons (Fsp3) is 0.333. The van der Waals surface area contributed by atoms with Crippen LogP contribution in [0.25, 0.3) is 20.9 Å². The maximum Gasteiger partial charge on any atom is 0.164 e. The quantitative estimate of drug-likeness (QED) is 0.758. The van der Waals surface area contributed by atoms with Gasteiger partial charge in [-0.3, -0.25) is 4.98 Å². The lowest BCUT2D eigenvalue weighted by atomic mass is 10.1. The Hall–Kier alpha value is -1.53. The zero-order valence-electron chi connectivity index (χ0n) is 12.2. The van der Waals surface area contributed by atoms with Crippen LogP contribution in [0.3, 0.4) is 0 Å². The van der Waals surface area contributed by atoms with Crippen LogP contribution in [0.15, 0.2) is 18.5 Å². The molecule has 3 aromatic heterocycles. The third-order valence-corrected chi connectivity index (χ3v) is 5.24. The number of thioether (sulfide) groups is 1. The average molecular weight is 319 g/mol. The van der Waals surface area contributed by atoms with Crippen molar-refractivity contribution in [3.8, 4) is 16.3 Å². The van der Waals surface area contributed by atoms with E-state index in [1.807, 2.05) is 13.1 Å². The van der Waals surface area contributed by atoms with Crippen molar-refractivity contribution in [1.29, 1.82) is 0 Å². The normalized spacial score (nSPS) is 12.9. The third-order valence-electron chi connectivity index (χ3n) is 3.39. The molecule has 21 heavy (non-hydrogen) atoms. The van der Waals surface area contributed by atoms with E-state index >= 15 is 0 Å². The van der Waals surface area contributed by atoms with E-state index in [9.17, 15) is 5.11 Å². The molecule has 0 bridgehead atoms. The van der Waals surface area contributed by atoms with E-state index in [1.54, 1.807) is 29.3 Å². The Balaban J connectivity index is 2.03. The number of nitrogens with one attached hydrogen (secondary N) is 1. The topological polar surface area (TPSA) is 61.8 Å². The molecular weight excluding hydrogens is 302 g/mol. The van der Waals surface area contributed by atoms with E-state index in [1.165, 1.54) is 0 Å². The number of pyridine rings is 1. The number of H-pyrrole nitrogens is 1. The van der Waals surface area contributed by atoms with Crippen LogP contribution in [0, 0.1) is 6.92 Å². The second-order valence-electron chi connectivity index (χ2n) is 5.19. The molecular formula is C15H17N3OS2. The summed E-state index contributed by atoms with van der Waals surface area (Å²) in [5.74, 6) is 1.54. The Morgan fingerprint density at radius 1 is 1.43 bits per heavy atom. The molecule has 0 aromatic carbocycles. The summed E-state index contributed by atoms with van der Waals surface area (Å²) in [5, 5.41) is 11.3. The first-order chi connectivity index (χ1) is 10.1. The maximum absolute atomic E-state index is 10.4. The van der Waals surface area contributed by atoms with Crippen LogP contribution in [0.2, 0.25) is 0 Å². The molecule has 0 aliphatic rings. The largest absolute Gasteiger partial charge is 0.504 e. The maximum atomic E-state index is 10.4. The fourth-order valence-corrected chi connectivity index (χ4v) is 3.99. The van der Waals surface area contributed by atoms with E-state index in [0.29, 0.717) is 5.52 Å². The van der Waals surface area contributed by atoms with Gasteiger partial charge in [-0.05, 0) is 24.8 Å². The second-order valence-corrected chi connectivity index (χ2v) is 7.10. The SMILES string of the molecule is CSCC(C)c1[nH]c2sc(-c3cncc(C)c3)nc2c1O. The van der Waals surface area contributed by atoms with Crippen molar-refractivity contribution in [2.24, 2.45) is 0 Å². The minimum Gasteiger partial charge on any atom is -0.504 e. The van der Waals surface area contributed by atoms with Gasteiger partial charge in [-0.2, -0.15) is 11.8 Å². The summed E-state index contributed by atoms with van der Waals surface area (Å²) in [6.07, 6.45) is 5.70. The number of thiazole rings is 1. The molecule has 1 atom stereocenters. The van der Waals surface area contributed by atoms with Crippen molar-refractivity contribution in [2.45, 2.75) is 19.8 Å². The third kappa shape index (κ3) is 2.65. The number of aromatic hydroxyl groups is 1. The second kappa shape index (κ2) is 5.69. The van der Waals surface area contributed by atoms with Crippen LogP contribution in [-0.4, -0.2) is 32.1 Å². The molecule has 3 aromatic rings. The zero-order chi connectivity index (χ0) is 15.0. The van der Waals surface area contributed by atoms with Crippen LogP contribution in [0.4, 0.5) is 0 Å². The Morgan fingerprint density at radius 2 is 2.24 bits per heavy atom. The number of hydrogen-bond donors (Lipinski definition) is 2. The number of nitrogens with zero attached hydrogens (tertiary/aromatic N) is 2. The Labute approximate surface area is 131 Å². The monoisotopic (exact) mass is 319 g/mol. The molecule has 3 rings (SSSR count). The van der Waals surface area contributed by atoms with Gasteiger partial charge in [0, 0.05) is 29.6 Å². The molecule has 4 nitrogen and oxygen atoms in total. The molecule has 2 N–H and O–H groups in total. The van der Waals surface area contributed by atoms with Crippen molar-refractivity contribution in [3.05, 3.63) is 29.7 Å². The van der Waals surface area contributed by atoms with E-state index in [4.69, 9.17) is 0 Å². The molecule has 110 valence electrons. The number of rotatable bonds is 4. The van der Waals surface area contributed by atoms with Crippen molar-refractivity contribution in [2.75, 3.05) is 12.0 Å². The van der Waals surface area contributed by atoms with Crippen molar-refractivity contribution < 1.29 is 5.11 Å². The molecule has 0 amide bonds. The molecule has 1 unspecified atom stereocenters. The van der Waals surface area contributed by atoms with Gasteiger partial charge in [0.05, 0.1) is 5.69 Å². The lowest BCUT2D eigenvalue weighted by Crippen LogP contribution is -1.96. The Morgan fingerprint density at radius 3 is 2.90 bits per heavy atom. The van der Waals surface area contributed by atoms with Crippen molar-refractivity contribution >= 4 is 33.4 Å². The van der Waals surface area contributed by atoms with Crippen molar-refractivity contribution in [3.63, 3.8) is 0 Å². The van der Waals surface area contributed by atoms with Gasteiger partial charge in [0.15, 0.2) is 5.75 Å². The number of hydrogen-bond acceptors (Lipinski definition) is 5. The Bertz CT molecular complexity index is 778. The first kappa shape index (κ1) is 14.4. The molecule has 0 spiro atoms. The van der Waals surface area contributed by atoms with Gasteiger partial charge in [-0.15, -0.1) is 0 Å². The minimum absolute atomic E-state index is 0.283. The van der Waals surface area contributed by atoms with Crippen LogP contribution in [-0.2, 0) is 0 Å². The summed E-state index contributed by atoms with van der Waals surface area (Å²) in [4.78, 5) is 13.0. The van der Waals surface area contributed by atoms with Crippen molar-refractivity contribution in [1.82, 2.24) is 15.0 Å². The summed E-state index contributed by atoms with van der Waals surface area (Å²) in [6.45, 7) is 4.12. The van der Waals surface area contributed by atoms with Crippen LogP contribution in [0.5, 0.6) is 5.75 Å². The molecule has 0 saturated carbocycles. The predicted molar refractivity (Wildman–Crippen MR) is 90.4 cm³/mol. The number of fused-ring (bicyclic) bond motifs is 1. The minimum atomic E-state index is 0.283. The predicted octanol–water partition coefficient (Wildman–Crippen LogP) is 4.17. The molecule has 0 aliphatic carbocycles. The standard InChI is InChI=1S/C15H17N3OS2/c1-8-4-10(6-16-5-8)14-18-12-13(19)11(9(2)7-20-3)17-15(12)21-14/h4-6,9,17,19H,7H2,1-3H3. The highest BCUT2D eigenvalue weighted by Gasteiger charge is 2.20. The molecule has 0 fully saturated rings. The molecule has 3 heterocycles. The van der Waals surface area contributed by atoms with Crippen LogP contribution < -0.4 is 0 Å². The number of aromatic amines is 1. The summed E-state index contributed by atoms with van der Waals surface area (Å²) in [7, 11) is 0. The first-order valence-corrected chi connectivity index (χ1v) is 8.93. The van der Waals surface area contributed by atoms with Gasteiger partial charge >= 0.3 is 0 Å². The van der Waals surface area contributed by atoms with Crippen LogP contribution in [0.1, 0.15) is 24.1 Å². The van der Waals surface area contributed by atoms with Crippen LogP contribution >= 0.6 is 23.1 Å². The van der Waals surface area contributed by atoms with Gasteiger partial charge in [0.1, 0.15) is 15.4 Å². The molecule has 0 aliphatic heterocycles. The smallest absolute Gasteiger partial charge is 0.164 e. The lowest BCUT2D eigenvalue weighted by Gasteiger charge is -2.07. The fourth-order valence-electron chi connectivity index (χ4n) is 2.36. The number of aromatic nitrogens is 3. The van der Waals surface area contributed by atoms with Gasteiger partial charge in [0.25, 0.3) is 0 Å². The Kier molecular flexibility index (Phi) is 3.91. The van der Waals surface area contributed by atoms with E-state index in [-0.39, 0.29) is 11.7 Å². The summed E-state index contributed by atoms with van der Waals surface area (Å²) in [6, 6.07) is 2.05. The molecule has 0 saturated heterocycles. The first-order valence-electron chi connectivity index (χ1n) is 6.72. The van der Waals surface area contributed by atoms with Gasteiger partial charge < -0.3 is 10.1 Å². The summed E-state index contributed by atoms with van der Waals surface area (Å²) < 4.78 is 0.